The third-order valence-corrected chi connectivity index (χ3v) is 13.0. The number of Topliss-reactive ketones (excluding diaryl/α,β-unsaturated/α-hetero) is 2. The highest BCUT2D eigenvalue weighted by Crippen LogP contribution is 2.37. The van der Waals surface area contributed by atoms with Gasteiger partial charge >= 0.3 is 5.78 Å². The fourth-order valence-corrected chi connectivity index (χ4v) is 9.52. The van der Waals surface area contributed by atoms with Gasteiger partial charge in [-0.3, -0.25) is 14.4 Å². The summed E-state index contributed by atoms with van der Waals surface area (Å²) in [6.07, 6.45) is 0. The standard InChI is InChI=1S/C42H33O3S4/c1-28(43)31-4-10-34(11-5-31)46-37-16-22-40(23-17-37)49(41-24-18-38(19-25-41)47-35-12-6-32(7-13-35)29(2)44)42-26-20-39(21-27-42)48-36-14-8-33(9-15-36)30(3)45/h4-27H,1-3H3/q+1/p+1. The summed E-state index contributed by atoms with van der Waals surface area (Å²) in [7, 11) is -0.337. The normalized spacial score (nSPS) is 11.0. The van der Waals surface area contributed by atoms with Gasteiger partial charge in [0.25, 0.3) is 0 Å². The van der Waals surface area contributed by atoms with Crippen molar-refractivity contribution >= 4 is 63.5 Å². The number of benzene rings is 6. The van der Waals surface area contributed by atoms with Crippen molar-refractivity contribution in [3.05, 3.63) is 162 Å². The Kier molecular flexibility index (Phi) is 11.3. The molecule has 7 heteroatoms. The summed E-state index contributed by atoms with van der Waals surface area (Å²) in [6, 6.07) is 49.9. The third kappa shape index (κ3) is 9.05. The van der Waals surface area contributed by atoms with E-state index in [2.05, 4.69) is 72.8 Å². The van der Waals surface area contributed by atoms with Crippen LogP contribution >= 0.6 is 35.3 Å². The fraction of sp³-hybridized carbons (Fsp3) is 0.0714. The average Bonchev–Trinajstić information content (AvgIpc) is 3.11. The van der Waals surface area contributed by atoms with Crippen LogP contribution in [0.5, 0.6) is 0 Å². The van der Waals surface area contributed by atoms with Gasteiger partial charge in [-0.2, -0.15) is 0 Å². The predicted molar refractivity (Wildman–Crippen MR) is 205 cm³/mol. The monoisotopic (exact) mass is 714 g/mol. The molecule has 1 N–H and O–H groups in total. The maximum Gasteiger partial charge on any atom is 0.320 e. The van der Waals surface area contributed by atoms with Crippen molar-refractivity contribution in [2.75, 3.05) is 0 Å². The minimum Gasteiger partial charge on any atom is -0.295 e. The molecule has 0 unspecified atom stereocenters. The van der Waals surface area contributed by atoms with Crippen LogP contribution in [0.25, 0.3) is 0 Å². The zero-order valence-electron chi connectivity index (χ0n) is 27.3. The lowest BCUT2D eigenvalue weighted by atomic mass is 10.2. The lowest BCUT2D eigenvalue weighted by molar-refractivity contribution is 0.100. The molecule has 3 nitrogen and oxygen atoms in total. The van der Waals surface area contributed by atoms with Crippen LogP contribution < -0.4 is 0 Å². The zero-order chi connectivity index (χ0) is 34.3. The molecule has 6 aromatic rings. The molecule has 0 atom stereocenters. The quantitative estimate of drug-likeness (QED) is 0.0933. The first-order valence-electron chi connectivity index (χ1n) is 15.6. The highest BCUT2D eigenvalue weighted by molar-refractivity contribution is 8.00. The number of rotatable bonds is 12. The van der Waals surface area contributed by atoms with Gasteiger partial charge < -0.3 is 0 Å². The van der Waals surface area contributed by atoms with Gasteiger partial charge in [0.15, 0.2) is 26.3 Å². The Labute approximate surface area is 303 Å². The molecule has 0 fully saturated rings. The van der Waals surface area contributed by atoms with Crippen molar-refractivity contribution in [1.29, 1.82) is 0 Å². The largest absolute Gasteiger partial charge is 0.320 e. The second kappa shape index (κ2) is 16.0. The van der Waals surface area contributed by atoms with Crippen LogP contribution in [0.4, 0.5) is 0 Å². The van der Waals surface area contributed by atoms with Crippen LogP contribution in [-0.4, -0.2) is 22.1 Å². The van der Waals surface area contributed by atoms with E-state index in [1.807, 2.05) is 72.8 Å². The van der Waals surface area contributed by atoms with Crippen LogP contribution in [0.2, 0.25) is 0 Å². The lowest BCUT2D eigenvalue weighted by Gasteiger charge is -2.11. The van der Waals surface area contributed by atoms with Gasteiger partial charge in [0.2, 0.25) is 0 Å². The van der Waals surface area contributed by atoms with Crippen LogP contribution in [0.3, 0.4) is 0 Å². The number of hydrogen-bond acceptors (Lipinski definition) is 5. The van der Waals surface area contributed by atoms with Gasteiger partial charge in [-0.05, 0) is 135 Å². The maximum atomic E-state index is 11.7. The maximum absolute atomic E-state index is 11.7. The fourth-order valence-electron chi connectivity index (χ4n) is 5.03. The van der Waals surface area contributed by atoms with E-state index in [1.165, 1.54) is 14.7 Å². The van der Waals surface area contributed by atoms with Crippen LogP contribution in [0, 0.1) is 0 Å². The molecule has 0 saturated heterocycles. The molecule has 49 heavy (non-hydrogen) atoms. The first kappa shape index (κ1) is 34.6. The van der Waals surface area contributed by atoms with E-state index in [0.717, 1.165) is 46.1 Å². The minimum atomic E-state index is -0.337. The van der Waals surface area contributed by atoms with E-state index >= 15 is 0 Å². The Balaban J connectivity index is 1.25. The van der Waals surface area contributed by atoms with E-state index in [-0.39, 0.29) is 22.5 Å². The van der Waals surface area contributed by atoms with Gasteiger partial charge in [-0.15, -0.1) is 0 Å². The molecule has 6 rings (SSSR count). The number of hydrogen-bond donors (Lipinski definition) is 0. The topological polar surface area (TPSA) is 55.5 Å². The van der Waals surface area contributed by atoms with Crippen molar-refractivity contribution in [3.8, 4) is 0 Å². The molecule has 0 aliphatic carbocycles. The van der Waals surface area contributed by atoms with Crippen LogP contribution in [0.1, 0.15) is 47.1 Å². The first-order valence-corrected chi connectivity index (χ1v) is 19.3. The molecule has 0 bridgehead atoms. The third-order valence-electron chi connectivity index (χ3n) is 7.68. The number of carbonyl (C=O) groups is 2. The van der Waals surface area contributed by atoms with E-state index in [0.29, 0.717) is 5.78 Å². The van der Waals surface area contributed by atoms with E-state index in [4.69, 9.17) is 0 Å². The molecule has 6 aromatic carbocycles. The van der Waals surface area contributed by atoms with Crippen molar-refractivity contribution in [3.63, 3.8) is 0 Å². The van der Waals surface area contributed by atoms with E-state index in [1.54, 1.807) is 56.1 Å². The second-order valence-electron chi connectivity index (χ2n) is 11.3. The summed E-state index contributed by atoms with van der Waals surface area (Å²) in [5.41, 5.74) is 2.27. The number of carbonyl (C=O) groups excluding carboxylic acids is 3. The van der Waals surface area contributed by atoms with Crippen LogP contribution in [0.15, 0.2) is 190 Å². The minimum absolute atomic E-state index is 0.0695. The summed E-state index contributed by atoms with van der Waals surface area (Å²) in [5.74, 6) is 0.456. The molecule has 0 radical (unpaired) electrons. The molecule has 0 spiro atoms. The van der Waals surface area contributed by atoms with Crippen molar-refractivity contribution in [2.24, 2.45) is 0 Å². The Bertz CT molecular complexity index is 1830. The molecule has 0 aliphatic rings. The van der Waals surface area contributed by atoms with Gasteiger partial charge in [0, 0.05) is 40.5 Å². The molecule has 0 saturated carbocycles. The molecular formula is C42H34O3S4+2. The van der Waals surface area contributed by atoms with Crippen LogP contribution in [-0.2, 0) is 10.9 Å². The highest BCUT2D eigenvalue weighted by Gasteiger charge is 2.29. The van der Waals surface area contributed by atoms with Crippen molar-refractivity contribution in [1.82, 2.24) is 0 Å². The zero-order valence-corrected chi connectivity index (χ0v) is 30.5. The summed E-state index contributed by atoms with van der Waals surface area (Å²) in [6.45, 7) is 4.87. The summed E-state index contributed by atoms with van der Waals surface area (Å²) >= 11 is 5.07. The van der Waals surface area contributed by atoms with Gasteiger partial charge in [0.05, 0.1) is 23.4 Å². The SMILES string of the molecule is CC(=O)c1ccc(Sc2ccc([S+](c3ccc(Sc4ccc(C(C)=O)cc4)cc3)c3ccc(Sc4ccc(C(C)=[OH+])cc4)cc3)cc2)cc1. The Morgan fingerprint density at radius 2 is 0.612 bits per heavy atom. The molecule has 0 heterocycles. The Morgan fingerprint density at radius 1 is 0.388 bits per heavy atom. The summed E-state index contributed by atoms with van der Waals surface area (Å²) in [4.78, 5) is 43.5. The van der Waals surface area contributed by atoms with Gasteiger partial charge in [0.1, 0.15) is 0 Å². The number of ketones is 3. The summed E-state index contributed by atoms with van der Waals surface area (Å²) < 4.78 is 0. The molecule has 242 valence electrons. The first-order chi connectivity index (χ1) is 23.7. The Morgan fingerprint density at radius 3 is 0.837 bits per heavy atom. The van der Waals surface area contributed by atoms with E-state index in [9.17, 15) is 14.4 Å². The molecule has 0 aliphatic heterocycles. The second-order valence-corrected chi connectivity index (χ2v) is 16.8. The summed E-state index contributed by atoms with van der Waals surface area (Å²) in [5, 5.41) is 0. The lowest BCUT2D eigenvalue weighted by Crippen LogP contribution is -2.04. The van der Waals surface area contributed by atoms with Gasteiger partial charge in [-0.25, -0.2) is 0 Å². The smallest absolute Gasteiger partial charge is 0.295 e. The molecule has 0 aromatic heterocycles. The van der Waals surface area contributed by atoms with Crippen molar-refractivity contribution < 1.29 is 14.4 Å². The molecule has 0 amide bonds. The van der Waals surface area contributed by atoms with Crippen molar-refractivity contribution in [2.45, 2.75) is 64.8 Å². The predicted octanol–water partition coefficient (Wildman–Crippen LogP) is 11.6. The highest BCUT2D eigenvalue weighted by atomic mass is 32.2. The Hall–Kier alpha value is -4.27. The van der Waals surface area contributed by atoms with Gasteiger partial charge in [-0.1, -0.05) is 59.6 Å². The van der Waals surface area contributed by atoms with E-state index < -0.39 is 0 Å². The average molecular weight is 715 g/mol. The molecular weight excluding hydrogens is 681 g/mol.